The van der Waals surface area contributed by atoms with Crippen molar-refractivity contribution in [3.63, 3.8) is 0 Å². The number of carbonyl (C=O) groups excluding carboxylic acids is 2. The summed E-state index contributed by atoms with van der Waals surface area (Å²) in [5.41, 5.74) is -2.29. The second kappa shape index (κ2) is 9.08. The van der Waals surface area contributed by atoms with E-state index in [1.54, 1.807) is 5.32 Å². The van der Waals surface area contributed by atoms with Gasteiger partial charge in [-0.3, -0.25) is 14.6 Å². The van der Waals surface area contributed by atoms with E-state index in [0.717, 1.165) is 6.07 Å². The first-order chi connectivity index (χ1) is 15.3. The minimum Gasteiger partial charge on any atom is -0.354 e. The molecule has 1 saturated carbocycles. The molecule has 0 aliphatic heterocycles. The largest absolute Gasteiger partial charge is 0.471 e. The molecule has 178 valence electrons. The van der Waals surface area contributed by atoms with Crippen molar-refractivity contribution in [3.8, 4) is 0 Å². The normalized spacial score (nSPS) is 15.4. The van der Waals surface area contributed by atoms with Crippen LogP contribution in [0.25, 0.3) is 0 Å². The van der Waals surface area contributed by atoms with Gasteiger partial charge in [0.2, 0.25) is 5.91 Å². The summed E-state index contributed by atoms with van der Waals surface area (Å²) in [5.74, 6) is -2.96. The lowest BCUT2D eigenvalue weighted by Gasteiger charge is -2.40. The zero-order valence-electron chi connectivity index (χ0n) is 16.7. The summed E-state index contributed by atoms with van der Waals surface area (Å²) in [5, 5.41) is 6.71. The highest BCUT2D eigenvalue weighted by Crippen LogP contribution is 2.37. The Morgan fingerprint density at radius 3 is 2.27 bits per heavy atom. The van der Waals surface area contributed by atoms with Crippen LogP contribution >= 0.6 is 11.6 Å². The molecule has 0 spiro atoms. The van der Waals surface area contributed by atoms with E-state index in [0.29, 0.717) is 12.1 Å². The van der Waals surface area contributed by atoms with Crippen molar-refractivity contribution in [1.29, 1.82) is 0 Å². The topological polar surface area (TPSA) is 83.1 Å². The molecule has 1 heterocycles. The van der Waals surface area contributed by atoms with Crippen molar-refractivity contribution in [2.24, 2.45) is 0 Å². The van der Waals surface area contributed by atoms with Crippen molar-refractivity contribution in [2.75, 3.05) is 5.32 Å². The quantitative estimate of drug-likeness (QED) is 0.508. The van der Waals surface area contributed by atoms with Gasteiger partial charge in [-0.2, -0.15) is 26.3 Å². The van der Waals surface area contributed by atoms with Crippen LogP contribution in [0.2, 0.25) is 5.02 Å². The number of pyridine rings is 1. The second-order valence-electron chi connectivity index (χ2n) is 7.42. The van der Waals surface area contributed by atoms with Gasteiger partial charge < -0.3 is 16.0 Å². The lowest BCUT2D eigenvalue weighted by Crippen LogP contribution is -2.64. The number of nitrogens with one attached hydrogen (secondary N) is 3. The van der Waals surface area contributed by atoms with Gasteiger partial charge in [0, 0.05) is 5.02 Å². The van der Waals surface area contributed by atoms with Crippen LogP contribution in [0, 0.1) is 0 Å². The number of benzene rings is 1. The number of nitrogens with zero attached hydrogens (tertiary/aromatic N) is 1. The molecule has 0 unspecified atom stereocenters. The van der Waals surface area contributed by atoms with Gasteiger partial charge >= 0.3 is 18.3 Å². The molecule has 0 bridgehead atoms. The summed E-state index contributed by atoms with van der Waals surface area (Å²) in [6, 6.07) is 6.10. The Morgan fingerprint density at radius 2 is 1.76 bits per heavy atom. The standard InChI is InChI=1S/C20H17ClF6N4O2/c21-11-2-5-15(14(8-11)19(22,23)24)30-13-4-3-12(28-10-13)9-29-16(32)18(6-1-7-18)31-17(33)20(25,26)27/h2-5,8,10,30H,1,6-7,9H2,(H,29,32)(H,31,33). The molecule has 33 heavy (non-hydrogen) atoms. The summed E-state index contributed by atoms with van der Waals surface area (Å²) in [7, 11) is 0. The van der Waals surface area contributed by atoms with E-state index in [-0.39, 0.29) is 35.8 Å². The molecular weight excluding hydrogens is 478 g/mol. The predicted molar refractivity (Wildman–Crippen MR) is 107 cm³/mol. The van der Waals surface area contributed by atoms with Crippen LogP contribution in [0.15, 0.2) is 36.5 Å². The summed E-state index contributed by atoms with van der Waals surface area (Å²) in [6.45, 7) is -0.155. The van der Waals surface area contributed by atoms with Crippen molar-refractivity contribution in [2.45, 2.75) is 43.7 Å². The fraction of sp³-hybridized carbons (Fsp3) is 0.350. The number of alkyl halides is 6. The zero-order chi connectivity index (χ0) is 24.4. The minimum absolute atomic E-state index is 0.0690. The lowest BCUT2D eigenvalue weighted by atomic mass is 9.75. The molecule has 0 radical (unpaired) electrons. The maximum Gasteiger partial charge on any atom is 0.471 e. The van der Waals surface area contributed by atoms with Crippen LogP contribution in [0.4, 0.5) is 37.7 Å². The van der Waals surface area contributed by atoms with Crippen LogP contribution in [0.1, 0.15) is 30.5 Å². The smallest absolute Gasteiger partial charge is 0.354 e. The maximum absolute atomic E-state index is 13.2. The SMILES string of the molecule is O=C(NC1(C(=O)NCc2ccc(Nc3ccc(Cl)cc3C(F)(F)F)cn2)CCC1)C(F)(F)F. The monoisotopic (exact) mass is 494 g/mol. The molecule has 1 aromatic heterocycles. The first-order valence-corrected chi connectivity index (χ1v) is 9.94. The van der Waals surface area contributed by atoms with E-state index < -0.39 is 35.3 Å². The highest BCUT2D eigenvalue weighted by Gasteiger charge is 2.50. The molecule has 0 saturated heterocycles. The number of aromatic nitrogens is 1. The Hall–Kier alpha value is -3.02. The number of halogens is 7. The Morgan fingerprint density at radius 1 is 1.06 bits per heavy atom. The number of amides is 2. The number of rotatable bonds is 6. The molecule has 2 amide bonds. The Balaban J connectivity index is 1.63. The lowest BCUT2D eigenvalue weighted by molar-refractivity contribution is -0.177. The summed E-state index contributed by atoms with van der Waals surface area (Å²) in [6.07, 6.45) is -7.89. The van der Waals surface area contributed by atoms with Crippen LogP contribution < -0.4 is 16.0 Å². The molecule has 3 N–H and O–H groups in total. The van der Waals surface area contributed by atoms with Gasteiger partial charge in [-0.05, 0) is 49.6 Å². The summed E-state index contributed by atoms with van der Waals surface area (Å²) < 4.78 is 77.2. The number of hydrogen-bond acceptors (Lipinski definition) is 4. The zero-order valence-corrected chi connectivity index (χ0v) is 17.5. The van der Waals surface area contributed by atoms with Crippen molar-refractivity contribution in [1.82, 2.24) is 15.6 Å². The van der Waals surface area contributed by atoms with E-state index in [4.69, 9.17) is 11.6 Å². The molecule has 2 aromatic rings. The van der Waals surface area contributed by atoms with E-state index in [1.165, 1.54) is 30.5 Å². The summed E-state index contributed by atoms with van der Waals surface area (Å²) in [4.78, 5) is 27.7. The summed E-state index contributed by atoms with van der Waals surface area (Å²) >= 11 is 5.65. The third-order valence-corrected chi connectivity index (χ3v) is 5.31. The Kier molecular flexibility index (Phi) is 6.78. The first-order valence-electron chi connectivity index (χ1n) is 9.56. The van der Waals surface area contributed by atoms with Gasteiger partial charge in [0.15, 0.2) is 0 Å². The Labute approximate surface area is 188 Å². The van der Waals surface area contributed by atoms with Gasteiger partial charge in [0.1, 0.15) is 5.54 Å². The molecule has 1 aliphatic rings. The van der Waals surface area contributed by atoms with E-state index in [9.17, 15) is 35.9 Å². The molecule has 1 aliphatic carbocycles. The van der Waals surface area contributed by atoms with Gasteiger partial charge in [0.25, 0.3) is 0 Å². The average Bonchev–Trinajstić information content (AvgIpc) is 2.69. The highest BCUT2D eigenvalue weighted by molar-refractivity contribution is 6.30. The molecule has 6 nitrogen and oxygen atoms in total. The average molecular weight is 495 g/mol. The van der Waals surface area contributed by atoms with E-state index >= 15 is 0 Å². The molecule has 1 fully saturated rings. The van der Waals surface area contributed by atoms with E-state index in [2.05, 4.69) is 15.6 Å². The first kappa shape index (κ1) is 24.6. The van der Waals surface area contributed by atoms with E-state index in [1.807, 2.05) is 0 Å². The second-order valence-corrected chi connectivity index (χ2v) is 7.86. The third kappa shape index (κ3) is 5.86. The van der Waals surface area contributed by atoms with Crippen LogP contribution in [-0.4, -0.2) is 28.5 Å². The highest BCUT2D eigenvalue weighted by atomic mass is 35.5. The van der Waals surface area contributed by atoms with Crippen molar-refractivity contribution >= 4 is 34.8 Å². The van der Waals surface area contributed by atoms with Crippen LogP contribution in [-0.2, 0) is 22.3 Å². The van der Waals surface area contributed by atoms with Gasteiger partial charge in [-0.1, -0.05) is 11.6 Å². The Bertz CT molecular complexity index is 1040. The van der Waals surface area contributed by atoms with Gasteiger partial charge in [-0.25, -0.2) is 0 Å². The number of anilines is 2. The fourth-order valence-electron chi connectivity index (χ4n) is 3.19. The third-order valence-electron chi connectivity index (χ3n) is 5.07. The molecule has 1 aromatic carbocycles. The number of hydrogen-bond donors (Lipinski definition) is 3. The molecule has 13 heteroatoms. The molecular formula is C20H17ClF6N4O2. The van der Waals surface area contributed by atoms with Crippen LogP contribution in [0.3, 0.4) is 0 Å². The maximum atomic E-state index is 13.2. The minimum atomic E-state index is -5.11. The van der Waals surface area contributed by atoms with Crippen molar-refractivity contribution in [3.05, 3.63) is 52.8 Å². The fourth-order valence-corrected chi connectivity index (χ4v) is 3.36. The van der Waals surface area contributed by atoms with Crippen LogP contribution in [0.5, 0.6) is 0 Å². The predicted octanol–water partition coefficient (Wildman–Crippen LogP) is 4.71. The molecule has 3 rings (SSSR count). The molecule has 0 atom stereocenters. The van der Waals surface area contributed by atoms with Crippen molar-refractivity contribution < 1.29 is 35.9 Å². The van der Waals surface area contributed by atoms with Gasteiger partial charge in [0.05, 0.1) is 35.4 Å². The van der Waals surface area contributed by atoms with Gasteiger partial charge in [-0.15, -0.1) is 0 Å². The number of carbonyl (C=O) groups is 2.